The predicted octanol–water partition coefficient (Wildman–Crippen LogP) is 2.34. The fourth-order valence-electron chi connectivity index (χ4n) is 2.68. The Balaban J connectivity index is 2.08. The molecule has 0 radical (unpaired) electrons. The highest BCUT2D eigenvalue weighted by Gasteiger charge is 2.45. The average Bonchev–Trinajstić information content (AvgIpc) is 2.10. The van der Waals surface area contributed by atoms with Gasteiger partial charge in [-0.15, -0.1) is 0 Å². The molecule has 2 rings (SSSR count). The molecule has 84 valence electrons. The number of carbonyl (C=O) groups excluding carboxylic acids is 2. The standard InChI is InChI=1S/C11H18O3Si/c1-15(2)5-3-11(4-6-15)7-9(12)14-10(13)8-11/h3-8H2,1-2H3. The summed E-state index contributed by atoms with van der Waals surface area (Å²) in [5, 5.41) is 0. The monoisotopic (exact) mass is 226 g/mol. The van der Waals surface area contributed by atoms with Crippen molar-refractivity contribution in [1.82, 2.24) is 0 Å². The number of carbonyl (C=O) groups is 2. The van der Waals surface area contributed by atoms with Crippen LogP contribution in [0.2, 0.25) is 25.2 Å². The van der Waals surface area contributed by atoms with E-state index in [1.807, 2.05) is 0 Å². The normalized spacial score (nSPS) is 28.9. The van der Waals surface area contributed by atoms with Crippen molar-refractivity contribution < 1.29 is 14.3 Å². The molecule has 0 unspecified atom stereocenters. The van der Waals surface area contributed by atoms with Crippen LogP contribution in [0.15, 0.2) is 0 Å². The van der Waals surface area contributed by atoms with Gasteiger partial charge in [-0.05, 0) is 18.3 Å². The number of esters is 2. The first-order valence-electron chi connectivity index (χ1n) is 5.64. The van der Waals surface area contributed by atoms with E-state index in [0.717, 1.165) is 12.8 Å². The Kier molecular flexibility index (Phi) is 2.49. The number of cyclic esters (lactones) is 2. The highest BCUT2D eigenvalue weighted by molar-refractivity contribution is 6.77. The van der Waals surface area contributed by atoms with E-state index in [2.05, 4.69) is 17.8 Å². The summed E-state index contributed by atoms with van der Waals surface area (Å²) in [7, 11) is -1.01. The van der Waals surface area contributed by atoms with Crippen LogP contribution in [0.1, 0.15) is 25.7 Å². The van der Waals surface area contributed by atoms with Gasteiger partial charge in [0.2, 0.25) is 0 Å². The molecule has 0 saturated carbocycles. The van der Waals surface area contributed by atoms with Gasteiger partial charge in [0.05, 0.1) is 12.8 Å². The molecule has 1 spiro atoms. The van der Waals surface area contributed by atoms with Crippen molar-refractivity contribution in [2.75, 3.05) is 0 Å². The van der Waals surface area contributed by atoms with Gasteiger partial charge in [-0.3, -0.25) is 9.59 Å². The van der Waals surface area contributed by atoms with Gasteiger partial charge in [0.1, 0.15) is 0 Å². The minimum Gasteiger partial charge on any atom is -0.393 e. The number of ether oxygens (including phenoxy) is 1. The summed E-state index contributed by atoms with van der Waals surface area (Å²) in [6, 6.07) is 2.49. The number of rotatable bonds is 0. The summed E-state index contributed by atoms with van der Waals surface area (Å²) in [5.41, 5.74) is -0.0328. The Hall–Kier alpha value is -0.643. The van der Waals surface area contributed by atoms with Crippen molar-refractivity contribution in [2.45, 2.75) is 50.9 Å². The molecule has 0 aromatic rings. The van der Waals surface area contributed by atoms with E-state index < -0.39 is 8.07 Å². The average molecular weight is 226 g/mol. The predicted molar refractivity (Wildman–Crippen MR) is 59.1 cm³/mol. The maximum atomic E-state index is 11.3. The molecule has 0 aromatic heterocycles. The molecular weight excluding hydrogens is 208 g/mol. The third kappa shape index (κ3) is 2.30. The Labute approximate surface area is 91.2 Å². The van der Waals surface area contributed by atoms with Crippen molar-refractivity contribution in [3.63, 3.8) is 0 Å². The van der Waals surface area contributed by atoms with Gasteiger partial charge in [-0.2, -0.15) is 0 Å². The summed E-state index contributed by atoms with van der Waals surface area (Å²) in [6.07, 6.45) is 3.02. The van der Waals surface area contributed by atoms with Crippen LogP contribution < -0.4 is 0 Å². The second kappa shape index (κ2) is 3.44. The van der Waals surface area contributed by atoms with E-state index in [-0.39, 0.29) is 17.4 Å². The van der Waals surface area contributed by atoms with Crippen LogP contribution in [0.25, 0.3) is 0 Å². The van der Waals surface area contributed by atoms with Crippen molar-refractivity contribution in [2.24, 2.45) is 5.41 Å². The van der Waals surface area contributed by atoms with Crippen LogP contribution in [0, 0.1) is 5.41 Å². The second-order valence-corrected chi connectivity index (χ2v) is 11.2. The summed E-state index contributed by atoms with van der Waals surface area (Å²) in [6.45, 7) is 4.78. The molecule has 3 nitrogen and oxygen atoms in total. The molecule has 0 aromatic carbocycles. The first kappa shape index (κ1) is 10.9. The molecule has 2 fully saturated rings. The van der Waals surface area contributed by atoms with Crippen LogP contribution in [-0.4, -0.2) is 20.0 Å². The van der Waals surface area contributed by atoms with Gasteiger partial charge in [-0.1, -0.05) is 25.2 Å². The summed E-state index contributed by atoms with van der Waals surface area (Å²) < 4.78 is 4.60. The maximum absolute atomic E-state index is 11.3. The molecule has 0 aliphatic carbocycles. The zero-order chi connectivity index (χ0) is 11.1. The Bertz CT molecular complexity index is 281. The van der Waals surface area contributed by atoms with E-state index in [4.69, 9.17) is 0 Å². The second-order valence-electron chi connectivity index (χ2n) is 5.86. The fourth-order valence-corrected chi connectivity index (χ4v) is 5.35. The van der Waals surface area contributed by atoms with Gasteiger partial charge in [0.15, 0.2) is 0 Å². The van der Waals surface area contributed by atoms with Crippen molar-refractivity contribution >= 4 is 20.0 Å². The largest absolute Gasteiger partial charge is 0.393 e. The SMILES string of the molecule is C[Si]1(C)CCC2(CC1)CC(=O)OC(=O)C2. The lowest BCUT2D eigenvalue weighted by molar-refractivity contribution is -0.169. The highest BCUT2D eigenvalue weighted by atomic mass is 28.3. The van der Waals surface area contributed by atoms with Gasteiger partial charge in [-0.25, -0.2) is 0 Å². The van der Waals surface area contributed by atoms with Crippen LogP contribution >= 0.6 is 0 Å². The molecule has 2 aliphatic heterocycles. The Morgan fingerprint density at radius 3 is 2.00 bits per heavy atom. The van der Waals surface area contributed by atoms with Gasteiger partial charge in [0.25, 0.3) is 0 Å². The minimum atomic E-state index is -1.01. The van der Waals surface area contributed by atoms with Crippen molar-refractivity contribution in [1.29, 1.82) is 0 Å². The molecule has 2 heterocycles. The number of hydrogen-bond donors (Lipinski definition) is 0. The quantitative estimate of drug-likeness (QED) is 0.362. The van der Waals surface area contributed by atoms with Gasteiger partial charge >= 0.3 is 11.9 Å². The molecule has 0 N–H and O–H groups in total. The molecular formula is C11H18O3Si. The lowest BCUT2D eigenvalue weighted by Gasteiger charge is -2.43. The van der Waals surface area contributed by atoms with E-state index in [1.165, 1.54) is 12.1 Å². The molecule has 15 heavy (non-hydrogen) atoms. The topological polar surface area (TPSA) is 43.4 Å². The zero-order valence-corrected chi connectivity index (χ0v) is 10.5. The number of hydrogen-bond acceptors (Lipinski definition) is 3. The Morgan fingerprint density at radius 1 is 1.07 bits per heavy atom. The summed E-state index contributed by atoms with van der Waals surface area (Å²) >= 11 is 0. The molecule has 2 aliphatic rings. The first-order chi connectivity index (χ1) is 6.91. The van der Waals surface area contributed by atoms with Crippen LogP contribution in [0.4, 0.5) is 0 Å². The van der Waals surface area contributed by atoms with Gasteiger partial charge in [0, 0.05) is 8.07 Å². The molecule has 0 bridgehead atoms. The lowest BCUT2D eigenvalue weighted by atomic mass is 9.75. The van der Waals surface area contributed by atoms with E-state index in [0.29, 0.717) is 12.8 Å². The summed E-state index contributed by atoms with van der Waals surface area (Å²) in [4.78, 5) is 22.6. The zero-order valence-electron chi connectivity index (χ0n) is 9.47. The van der Waals surface area contributed by atoms with Crippen molar-refractivity contribution in [3.8, 4) is 0 Å². The smallest absolute Gasteiger partial charge is 0.314 e. The first-order valence-corrected chi connectivity index (χ1v) is 9.06. The lowest BCUT2D eigenvalue weighted by Crippen LogP contribution is -2.43. The molecule has 0 atom stereocenters. The van der Waals surface area contributed by atoms with Crippen LogP contribution in [0.3, 0.4) is 0 Å². The summed E-state index contributed by atoms with van der Waals surface area (Å²) in [5.74, 6) is -0.625. The molecule has 4 heteroatoms. The third-order valence-electron chi connectivity index (χ3n) is 3.93. The maximum Gasteiger partial charge on any atom is 0.314 e. The fraction of sp³-hybridized carbons (Fsp3) is 0.818. The van der Waals surface area contributed by atoms with Crippen LogP contribution in [0.5, 0.6) is 0 Å². The van der Waals surface area contributed by atoms with Crippen molar-refractivity contribution in [3.05, 3.63) is 0 Å². The Morgan fingerprint density at radius 2 is 1.53 bits per heavy atom. The highest BCUT2D eigenvalue weighted by Crippen LogP contribution is 2.47. The molecule has 2 saturated heterocycles. The third-order valence-corrected chi connectivity index (χ3v) is 7.14. The molecule has 0 amide bonds. The van der Waals surface area contributed by atoms with Gasteiger partial charge < -0.3 is 4.74 Å². The van der Waals surface area contributed by atoms with Crippen LogP contribution in [-0.2, 0) is 14.3 Å². The van der Waals surface area contributed by atoms with E-state index in [1.54, 1.807) is 0 Å². The van der Waals surface area contributed by atoms with E-state index >= 15 is 0 Å². The minimum absolute atomic E-state index is 0.0328. The van der Waals surface area contributed by atoms with E-state index in [9.17, 15) is 9.59 Å².